The van der Waals surface area contributed by atoms with Crippen LogP contribution in [0.3, 0.4) is 0 Å². The summed E-state index contributed by atoms with van der Waals surface area (Å²) in [5, 5.41) is 3.87. The third-order valence-corrected chi connectivity index (χ3v) is 7.54. The highest BCUT2D eigenvalue weighted by molar-refractivity contribution is 8.00. The van der Waals surface area contributed by atoms with Crippen molar-refractivity contribution in [3.63, 3.8) is 0 Å². The first kappa shape index (κ1) is 21.7. The van der Waals surface area contributed by atoms with E-state index in [2.05, 4.69) is 12.2 Å². The Morgan fingerprint density at radius 2 is 1.94 bits per heavy atom. The molecule has 0 fully saturated rings. The topological polar surface area (TPSA) is 64.0 Å². The average Bonchev–Trinajstić information content (AvgIpc) is 3.11. The van der Waals surface area contributed by atoms with Crippen LogP contribution in [0.2, 0.25) is 0 Å². The van der Waals surface area contributed by atoms with Crippen LogP contribution in [0, 0.1) is 20.8 Å². The van der Waals surface area contributed by atoms with Crippen molar-refractivity contribution in [1.29, 1.82) is 0 Å². The molecule has 0 aliphatic carbocycles. The Bertz CT molecular complexity index is 1200. The third-order valence-electron chi connectivity index (χ3n) is 5.38. The molecule has 1 unspecified atom stereocenters. The number of carbonyl (C=O) groups excluding carboxylic acids is 1. The Labute approximate surface area is 190 Å². The van der Waals surface area contributed by atoms with E-state index in [9.17, 15) is 9.59 Å². The Kier molecular flexibility index (Phi) is 6.25. The van der Waals surface area contributed by atoms with Gasteiger partial charge in [-0.2, -0.15) is 0 Å². The van der Waals surface area contributed by atoms with E-state index in [-0.39, 0.29) is 17.2 Å². The molecule has 7 heteroatoms. The molecule has 0 radical (unpaired) electrons. The van der Waals surface area contributed by atoms with Crippen LogP contribution in [0.5, 0.6) is 0 Å². The molecule has 0 bridgehead atoms. The van der Waals surface area contributed by atoms with Crippen LogP contribution in [0.4, 0.5) is 5.69 Å². The number of carbonyl (C=O) groups is 1. The zero-order valence-corrected chi connectivity index (χ0v) is 19.7. The van der Waals surface area contributed by atoms with Gasteiger partial charge in [0, 0.05) is 17.4 Å². The maximum Gasteiger partial charge on any atom is 0.272 e. The molecule has 5 nitrogen and oxygen atoms in total. The van der Waals surface area contributed by atoms with E-state index in [0.29, 0.717) is 10.4 Å². The third kappa shape index (κ3) is 4.57. The van der Waals surface area contributed by atoms with E-state index in [1.165, 1.54) is 11.8 Å². The van der Waals surface area contributed by atoms with Crippen LogP contribution < -0.4 is 10.9 Å². The molecule has 2 aromatic carbocycles. The van der Waals surface area contributed by atoms with Gasteiger partial charge in [-0.1, -0.05) is 48.5 Å². The van der Waals surface area contributed by atoms with Crippen LogP contribution >= 0.6 is 23.5 Å². The number of nitrogens with zero attached hydrogens (tertiary/aromatic N) is 2. The number of thioether (sulfide) groups is 2. The van der Waals surface area contributed by atoms with Gasteiger partial charge in [-0.25, -0.2) is 4.98 Å². The van der Waals surface area contributed by atoms with Crippen LogP contribution in [0.1, 0.15) is 29.3 Å². The second-order valence-corrected chi connectivity index (χ2v) is 10.3. The molecule has 1 aliphatic rings. The Hall–Kier alpha value is -2.51. The largest absolute Gasteiger partial charge is 0.325 e. The van der Waals surface area contributed by atoms with Crippen LogP contribution in [0.15, 0.2) is 57.3 Å². The van der Waals surface area contributed by atoms with Gasteiger partial charge in [-0.05, 0) is 50.1 Å². The fraction of sp³-hybridized carbons (Fsp3) is 0.292. The molecule has 0 saturated carbocycles. The number of fused-ring (bicyclic) bond motifs is 1. The van der Waals surface area contributed by atoms with Gasteiger partial charge in [0.05, 0.1) is 22.0 Å². The first-order valence-corrected chi connectivity index (χ1v) is 12.1. The van der Waals surface area contributed by atoms with E-state index < -0.39 is 0 Å². The fourth-order valence-electron chi connectivity index (χ4n) is 3.52. The highest BCUT2D eigenvalue weighted by Crippen LogP contribution is 2.35. The average molecular weight is 452 g/mol. The molecule has 1 aromatic heterocycles. The monoisotopic (exact) mass is 451 g/mol. The lowest BCUT2D eigenvalue weighted by atomic mass is 10.1. The van der Waals surface area contributed by atoms with Crippen molar-refractivity contribution in [3.8, 4) is 5.69 Å². The Morgan fingerprint density at radius 3 is 2.68 bits per heavy atom. The first-order chi connectivity index (χ1) is 14.8. The summed E-state index contributed by atoms with van der Waals surface area (Å²) in [4.78, 5) is 31.5. The molecule has 160 valence electrons. The second kappa shape index (κ2) is 8.93. The molecule has 0 saturated heterocycles. The molecule has 1 aliphatic heterocycles. The Balaban J connectivity index is 1.63. The van der Waals surface area contributed by atoms with Gasteiger partial charge in [0.2, 0.25) is 5.91 Å². The molecule has 1 N–H and O–H groups in total. The predicted molar refractivity (Wildman–Crippen MR) is 129 cm³/mol. The summed E-state index contributed by atoms with van der Waals surface area (Å²) in [6.07, 6.45) is 0.770. The van der Waals surface area contributed by atoms with Gasteiger partial charge in [0.25, 0.3) is 5.56 Å². The summed E-state index contributed by atoms with van der Waals surface area (Å²) >= 11 is 2.88. The van der Waals surface area contributed by atoms with Gasteiger partial charge in [0.15, 0.2) is 5.16 Å². The minimum Gasteiger partial charge on any atom is -0.325 e. The smallest absolute Gasteiger partial charge is 0.272 e. The molecule has 1 atom stereocenters. The SMILES string of the molecule is Cc1ccc(-n2c(SCC(=O)Nc3cccc(C)c3C)nc3c(c2=O)SC(C)C3)cc1. The van der Waals surface area contributed by atoms with Gasteiger partial charge < -0.3 is 5.32 Å². The number of hydrogen-bond donors (Lipinski definition) is 1. The second-order valence-electron chi connectivity index (χ2n) is 7.86. The summed E-state index contributed by atoms with van der Waals surface area (Å²) in [7, 11) is 0. The number of aryl methyl sites for hydroxylation is 2. The van der Waals surface area contributed by atoms with Crippen molar-refractivity contribution in [2.24, 2.45) is 0 Å². The van der Waals surface area contributed by atoms with Gasteiger partial charge in [-0.3, -0.25) is 14.2 Å². The zero-order valence-electron chi connectivity index (χ0n) is 18.1. The van der Waals surface area contributed by atoms with Crippen molar-refractivity contribution >= 4 is 35.1 Å². The maximum absolute atomic E-state index is 13.3. The maximum atomic E-state index is 13.3. The van der Waals surface area contributed by atoms with E-state index in [4.69, 9.17) is 4.98 Å². The fourth-order valence-corrected chi connectivity index (χ4v) is 5.45. The predicted octanol–water partition coefficient (Wildman–Crippen LogP) is 4.93. The van der Waals surface area contributed by atoms with Crippen molar-refractivity contribution in [1.82, 2.24) is 9.55 Å². The van der Waals surface area contributed by atoms with Crippen molar-refractivity contribution in [3.05, 3.63) is 75.2 Å². The zero-order chi connectivity index (χ0) is 22.1. The summed E-state index contributed by atoms with van der Waals surface area (Å²) in [6.45, 7) is 8.13. The number of aromatic nitrogens is 2. The van der Waals surface area contributed by atoms with Crippen LogP contribution in [-0.4, -0.2) is 26.5 Å². The molecule has 31 heavy (non-hydrogen) atoms. The minimum absolute atomic E-state index is 0.0550. The van der Waals surface area contributed by atoms with Gasteiger partial charge in [-0.15, -0.1) is 11.8 Å². The highest BCUT2D eigenvalue weighted by atomic mass is 32.2. The highest BCUT2D eigenvalue weighted by Gasteiger charge is 2.27. The van der Waals surface area contributed by atoms with Crippen LogP contribution in [-0.2, 0) is 11.2 Å². The number of anilines is 1. The van der Waals surface area contributed by atoms with E-state index in [1.807, 2.05) is 63.2 Å². The summed E-state index contributed by atoms with van der Waals surface area (Å²) < 4.78 is 1.64. The van der Waals surface area contributed by atoms with Crippen LogP contribution in [0.25, 0.3) is 5.69 Å². The number of amides is 1. The van der Waals surface area contributed by atoms with Gasteiger partial charge >= 0.3 is 0 Å². The minimum atomic E-state index is -0.119. The number of hydrogen-bond acceptors (Lipinski definition) is 5. The molecule has 3 aromatic rings. The standard InChI is InChI=1S/C24H25N3O2S2/c1-14-8-10-18(11-9-14)27-23(29)22-20(12-16(3)31-22)26-24(27)30-13-21(28)25-19-7-5-6-15(2)17(19)4/h5-11,16H,12-13H2,1-4H3,(H,25,28). The van der Waals surface area contributed by atoms with Gasteiger partial charge in [0.1, 0.15) is 0 Å². The normalized spacial score (nSPS) is 15.0. The van der Waals surface area contributed by atoms with E-state index in [0.717, 1.165) is 45.1 Å². The first-order valence-electron chi connectivity index (χ1n) is 10.2. The molecular formula is C24H25N3O2S2. The van der Waals surface area contributed by atoms with Crippen molar-refractivity contribution < 1.29 is 4.79 Å². The summed E-state index contributed by atoms with van der Waals surface area (Å²) in [5.74, 6) is 0.0549. The lowest BCUT2D eigenvalue weighted by molar-refractivity contribution is -0.113. The Morgan fingerprint density at radius 1 is 1.19 bits per heavy atom. The quantitative estimate of drug-likeness (QED) is 0.440. The lowest BCUT2D eigenvalue weighted by Crippen LogP contribution is -2.24. The molecule has 0 spiro atoms. The summed E-state index contributed by atoms with van der Waals surface area (Å²) in [6, 6.07) is 13.7. The molecule has 1 amide bonds. The lowest BCUT2D eigenvalue weighted by Gasteiger charge is -2.14. The number of rotatable bonds is 5. The molecular weight excluding hydrogens is 426 g/mol. The van der Waals surface area contributed by atoms with Crippen molar-refractivity contribution in [2.45, 2.75) is 49.4 Å². The van der Waals surface area contributed by atoms with E-state index in [1.54, 1.807) is 16.3 Å². The molecule has 4 rings (SSSR count). The van der Waals surface area contributed by atoms with Crippen molar-refractivity contribution in [2.75, 3.05) is 11.1 Å². The molecule has 2 heterocycles. The number of benzene rings is 2. The van der Waals surface area contributed by atoms with E-state index >= 15 is 0 Å². The summed E-state index contributed by atoms with van der Waals surface area (Å²) in [5.41, 5.74) is 5.67. The number of nitrogens with one attached hydrogen (secondary N) is 1.